The lowest BCUT2D eigenvalue weighted by Gasteiger charge is -2.10. The zero-order chi connectivity index (χ0) is 20.2. The summed E-state index contributed by atoms with van der Waals surface area (Å²) in [4.78, 5) is 4.75. The van der Waals surface area contributed by atoms with Crippen molar-refractivity contribution in [3.8, 4) is 27.8 Å². The van der Waals surface area contributed by atoms with Crippen LogP contribution in [0.4, 0.5) is 0 Å². The number of hydrogen-bond donors (Lipinski definition) is 0. The second-order valence-corrected chi connectivity index (χ2v) is 7.98. The van der Waals surface area contributed by atoms with E-state index in [1.54, 1.807) is 30.2 Å². The number of methoxy groups -OCH3 is 2. The molecule has 2 heterocycles. The van der Waals surface area contributed by atoms with Crippen molar-refractivity contribution in [2.45, 2.75) is 17.8 Å². The highest BCUT2D eigenvalue weighted by atomic mass is 32.2. The Morgan fingerprint density at radius 3 is 2.72 bits per heavy atom. The molecule has 0 fully saturated rings. The number of nitrogens with zero attached hydrogens (tertiary/aromatic N) is 5. The van der Waals surface area contributed by atoms with Crippen molar-refractivity contribution in [1.82, 2.24) is 25.2 Å². The molecule has 148 valence electrons. The Morgan fingerprint density at radius 1 is 1.07 bits per heavy atom. The van der Waals surface area contributed by atoms with E-state index in [1.807, 2.05) is 49.4 Å². The van der Waals surface area contributed by atoms with Crippen LogP contribution in [0.2, 0.25) is 0 Å². The first-order valence-corrected chi connectivity index (χ1v) is 10.7. The van der Waals surface area contributed by atoms with E-state index < -0.39 is 0 Å². The van der Waals surface area contributed by atoms with Gasteiger partial charge in [-0.25, -0.2) is 4.98 Å². The lowest BCUT2D eigenvalue weighted by atomic mass is 10.2. The second-order valence-electron chi connectivity index (χ2n) is 6.18. The summed E-state index contributed by atoms with van der Waals surface area (Å²) >= 11 is 3.12. The Balaban J connectivity index is 1.54. The van der Waals surface area contributed by atoms with E-state index in [1.165, 1.54) is 11.8 Å². The van der Waals surface area contributed by atoms with Crippen LogP contribution < -0.4 is 9.47 Å². The molecular weight excluding hydrogens is 406 g/mol. The number of thioether (sulfide) groups is 1. The number of para-hydroxylation sites is 1. The van der Waals surface area contributed by atoms with Crippen LogP contribution in [0.1, 0.15) is 11.3 Å². The van der Waals surface area contributed by atoms with Crippen molar-refractivity contribution in [1.29, 1.82) is 0 Å². The average molecular weight is 426 g/mol. The van der Waals surface area contributed by atoms with E-state index in [4.69, 9.17) is 14.5 Å². The Bertz CT molecular complexity index is 1130. The average Bonchev–Trinajstić information content (AvgIpc) is 3.41. The lowest BCUT2D eigenvalue weighted by Crippen LogP contribution is -2.02. The van der Waals surface area contributed by atoms with Crippen LogP contribution in [0.3, 0.4) is 0 Å². The number of aryl methyl sites for hydroxylation is 1. The molecule has 0 saturated heterocycles. The molecule has 0 aliphatic heterocycles. The molecule has 2 aromatic heterocycles. The zero-order valence-corrected chi connectivity index (χ0v) is 17.8. The third-order valence-electron chi connectivity index (χ3n) is 4.24. The molecule has 0 unspecified atom stereocenters. The van der Waals surface area contributed by atoms with Gasteiger partial charge in [0, 0.05) is 11.1 Å². The SMILES string of the molecule is COc1ccccc1-c1nc(CSc2nnnn2-c2cc(C)ccc2OC)cs1. The van der Waals surface area contributed by atoms with E-state index in [2.05, 4.69) is 20.9 Å². The number of hydrogen-bond acceptors (Lipinski definition) is 8. The van der Waals surface area contributed by atoms with Crippen LogP contribution in [0.15, 0.2) is 53.0 Å². The summed E-state index contributed by atoms with van der Waals surface area (Å²) in [6.45, 7) is 2.02. The van der Waals surface area contributed by atoms with Crippen LogP contribution in [0.25, 0.3) is 16.3 Å². The zero-order valence-electron chi connectivity index (χ0n) is 16.2. The highest BCUT2D eigenvalue weighted by Crippen LogP contribution is 2.33. The van der Waals surface area contributed by atoms with Gasteiger partial charge in [-0.1, -0.05) is 30.0 Å². The number of thiazole rings is 1. The van der Waals surface area contributed by atoms with Crippen molar-refractivity contribution in [3.63, 3.8) is 0 Å². The van der Waals surface area contributed by atoms with Crippen LogP contribution >= 0.6 is 23.1 Å². The number of ether oxygens (including phenoxy) is 2. The summed E-state index contributed by atoms with van der Waals surface area (Å²) in [5.74, 6) is 2.19. The monoisotopic (exact) mass is 425 g/mol. The second kappa shape index (κ2) is 8.62. The topological polar surface area (TPSA) is 75.0 Å². The van der Waals surface area contributed by atoms with Gasteiger partial charge in [0.05, 0.1) is 25.5 Å². The Labute approximate surface area is 176 Å². The van der Waals surface area contributed by atoms with E-state index in [9.17, 15) is 0 Å². The molecule has 0 aliphatic rings. The fraction of sp³-hybridized carbons (Fsp3) is 0.200. The maximum absolute atomic E-state index is 5.47. The third-order valence-corrected chi connectivity index (χ3v) is 6.12. The van der Waals surface area contributed by atoms with Gasteiger partial charge >= 0.3 is 0 Å². The van der Waals surface area contributed by atoms with Crippen LogP contribution in [0.5, 0.6) is 11.5 Å². The molecule has 9 heteroatoms. The summed E-state index contributed by atoms with van der Waals surface area (Å²) in [6.07, 6.45) is 0. The smallest absolute Gasteiger partial charge is 0.214 e. The minimum absolute atomic E-state index is 0.653. The van der Waals surface area contributed by atoms with Crippen molar-refractivity contribution in [3.05, 3.63) is 59.1 Å². The van der Waals surface area contributed by atoms with E-state index in [0.717, 1.165) is 39.0 Å². The van der Waals surface area contributed by atoms with Gasteiger partial charge in [-0.05, 0) is 47.2 Å². The van der Waals surface area contributed by atoms with Crippen molar-refractivity contribution in [2.75, 3.05) is 14.2 Å². The minimum atomic E-state index is 0.653. The molecule has 2 aromatic carbocycles. The van der Waals surface area contributed by atoms with Crippen molar-refractivity contribution >= 4 is 23.1 Å². The molecule has 4 aromatic rings. The molecule has 29 heavy (non-hydrogen) atoms. The van der Waals surface area contributed by atoms with E-state index in [0.29, 0.717) is 10.9 Å². The van der Waals surface area contributed by atoms with Gasteiger partial charge in [0.25, 0.3) is 0 Å². The summed E-state index contributed by atoms with van der Waals surface area (Å²) in [5.41, 5.74) is 3.87. The van der Waals surface area contributed by atoms with E-state index in [-0.39, 0.29) is 0 Å². The third kappa shape index (κ3) is 4.10. The molecule has 4 rings (SSSR count). The van der Waals surface area contributed by atoms with Gasteiger partial charge in [0.1, 0.15) is 22.2 Å². The Morgan fingerprint density at radius 2 is 1.90 bits per heavy atom. The fourth-order valence-electron chi connectivity index (χ4n) is 2.84. The molecule has 0 saturated carbocycles. The normalized spacial score (nSPS) is 10.9. The minimum Gasteiger partial charge on any atom is -0.496 e. The van der Waals surface area contributed by atoms with Crippen LogP contribution in [-0.2, 0) is 5.75 Å². The molecule has 0 radical (unpaired) electrons. The predicted molar refractivity (Wildman–Crippen MR) is 114 cm³/mol. The largest absolute Gasteiger partial charge is 0.496 e. The molecular formula is C20H19N5O2S2. The quantitative estimate of drug-likeness (QED) is 0.406. The van der Waals surface area contributed by atoms with Gasteiger partial charge < -0.3 is 9.47 Å². The van der Waals surface area contributed by atoms with Gasteiger partial charge in [-0.15, -0.1) is 16.4 Å². The first-order chi connectivity index (χ1) is 14.2. The fourth-order valence-corrected chi connectivity index (χ4v) is 4.57. The number of benzene rings is 2. The van der Waals surface area contributed by atoms with Gasteiger partial charge in [0.15, 0.2) is 0 Å². The maximum atomic E-state index is 5.47. The molecule has 0 aliphatic carbocycles. The molecule has 0 atom stereocenters. The first-order valence-electron chi connectivity index (χ1n) is 8.83. The highest BCUT2D eigenvalue weighted by molar-refractivity contribution is 7.98. The first kappa shape index (κ1) is 19.4. The molecule has 0 amide bonds. The highest BCUT2D eigenvalue weighted by Gasteiger charge is 2.15. The predicted octanol–water partition coefficient (Wildman–Crippen LogP) is 4.40. The van der Waals surface area contributed by atoms with Crippen LogP contribution in [0, 0.1) is 6.92 Å². The number of aromatic nitrogens is 5. The summed E-state index contributed by atoms with van der Waals surface area (Å²) in [7, 11) is 3.31. The standard InChI is InChI=1S/C20H19N5O2S2/c1-13-8-9-18(27-3)16(10-13)25-20(22-23-24-25)29-12-14-11-28-19(21-14)15-6-4-5-7-17(15)26-2/h4-11H,12H2,1-3H3. The Hall–Kier alpha value is -2.91. The summed E-state index contributed by atoms with van der Waals surface area (Å²) < 4.78 is 12.6. The van der Waals surface area contributed by atoms with Crippen LogP contribution in [-0.4, -0.2) is 39.4 Å². The maximum Gasteiger partial charge on any atom is 0.214 e. The van der Waals surface area contributed by atoms with Crippen molar-refractivity contribution in [2.24, 2.45) is 0 Å². The lowest BCUT2D eigenvalue weighted by molar-refractivity contribution is 0.410. The molecule has 7 nitrogen and oxygen atoms in total. The molecule has 0 bridgehead atoms. The van der Waals surface area contributed by atoms with Gasteiger partial charge in [-0.2, -0.15) is 4.68 Å². The molecule has 0 spiro atoms. The summed E-state index contributed by atoms with van der Waals surface area (Å²) in [5, 5.41) is 15.8. The number of rotatable bonds is 7. The van der Waals surface area contributed by atoms with E-state index >= 15 is 0 Å². The van der Waals surface area contributed by atoms with Gasteiger partial charge in [-0.3, -0.25) is 0 Å². The van der Waals surface area contributed by atoms with Gasteiger partial charge in [0.2, 0.25) is 5.16 Å². The Kier molecular flexibility index (Phi) is 5.77. The molecule has 0 N–H and O–H groups in total. The van der Waals surface area contributed by atoms with Crippen molar-refractivity contribution < 1.29 is 9.47 Å². The summed E-state index contributed by atoms with van der Waals surface area (Å²) in [6, 6.07) is 13.8. The number of tetrazole rings is 1.